The summed E-state index contributed by atoms with van der Waals surface area (Å²) in [7, 11) is 0. The molecule has 0 saturated carbocycles. The summed E-state index contributed by atoms with van der Waals surface area (Å²) in [6.07, 6.45) is 0. The quantitative estimate of drug-likeness (QED) is 0.432. The second-order valence-corrected chi connectivity index (χ2v) is 3.03. The molecule has 2 aromatic carbocycles. The minimum Gasteiger partial charge on any atom is -0.0616 e. The predicted molar refractivity (Wildman–Crippen MR) is 49.9 cm³/mol. The van der Waals surface area contributed by atoms with Crippen LogP contribution in [0.15, 0.2) is 36.4 Å². The Morgan fingerprint density at radius 2 is 1.17 bits per heavy atom. The molecule has 0 fully saturated rings. The van der Waals surface area contributed by atoms with Gasteiger partial charge in [0.1, 0.15) is 0 Å². The summed E-state index contributed by atoms with van der Waals surface area (Å²) in [5.74, 6) is 6.22. The molecule has 0 aliphatic heterocycles. The van der Waals surface area contributed by atoms with Gasteiger partial charge in [-0.2, -0.15) is 0 Å². The molecule has 0 heteroatoms. The summed E-state index contributed by atoms with van der Waals surface area (Å²) < 4.78 is 0. The van der Waals surface area contributed by atoms with Crippen LogP contribution < -0.4 is 0 Å². The summed E-state index contributed by atoms with van der Waals surface area (Å²) in [6.45, 7) is 0. The van der Waals surface area contributed by atoms with E-state index in [4.69, 9.17) is 0 Å². The van der Waals surface area contributed by atoms with Crippen LogP contribution in [-0.2, 0) is 0 Å². The molecular formula is C12H6. The molecule has 0 saturated heterocycles. The van der Waals surface area contributed by atoms with Crippen molar-refractivity contribution in [3.05, 3.63) is 47.5 Å². The van der Waals surface area contributed by atoms with Gasteiger partial charge in [-0.25, -0.2) is 0 Å². The van der Waals surface area contributed by atoms with Crippen LogP contribution >= 0.6 is 0 Å². The molecule has 3 aliphatic rings. The number of hydrogen-bond donors (Lipinski definition) is 0. The first kappa shape index (κ1) is 5.85. The maximum absolute atomic E-state index is 3.11. The first-order chi connectivity index (χ1) is 5.92. The second-order valence-electron chi connectivity index (χ2n) is 3.03. The van der Waals surface area contributed by atoms with Crippen LogP contribution in [0.25, 0.3) is 10.8 Å². The molecule has 0 amide bonds. The summed E-state index contributed by atoms with van der Waals surface area (Å²) in [6, 6.07) is 12.6. The molecule has 0 unspecified atom stereocenters. The third kappa shape index (κ3) is 0.682. The van der Waals surface area contributed by atoms with Gasteiger partial charge in [0.2, 0.25) is 0 Å². The molecule has 0 spiro atoms. The van der Waals surface area contributed by atoms with Gasteiger partial charge in [0.05, 0.1) is 0 Å². The predicted octanol–water partition coefficient (Wildman–Crippen LogP) is 2.55. The molecule has 0 nitrogen and oxygen atoms in total. The molecule has 4 bridgehead atoms. The largest absolute Gasteiger partial charge is 0.0616 e. The van der Waals surface area contributed by atoms with Crippen molar-refractivity contribution in [1.29, 1.82) is 0 Å². The Hall–Kier alpha value is -1.74. The van der Waals surface area contributed by atoms with Crippen molar-refractivity contribution in [3.63, 3.8) is 0 Å². The molecule has 0 atom stereocenters. The molecule has 2 aromatic rings. The fraction of sp³-hybridized carbons (Fsp3) is 0. The fourth-order valence-electron chi connectivity index (χ4n) is 1.55. The van der Waals surface area contributed by atoms with Crippen molar-refractivity contribution < 1.29 is 0 Å². The van der Waals surface area contributed by atoms with Crippen LogP contribution in [0.4, 0.5) is 0 Å². The highest BCUT2D eigenvalue weighted by molar-refractivity contribution is 5.86. The van der Waals surface area contributed by atoms with Crippen LogP contribution in [0.3, 0.4) is 0 Å². The molecule has 0 N–H and O–H groups in total. The van der Waals surface area contributed by atoms with Gasteiger partial charge in [0.15, 0.2) is 0 Å². The third-order valence-corrected chi connectivity index (χ3v) is 2.19. The van der Waals surface area contributed by atoms with Crippen LogP contribution in [0.2, 0.25) is 0 Å². The molecule has 0 heterocycles. The van der Waals surface area contributed by atoms with Gasteiger partial charge in [-0.3, -0.25) is 0 Å². The Labute approximate surface area is 70.8 Å². The number of rotatable bonds is 0. The van der Waals surface area contributed by atoms with Gasteiger partial charge in [-0.05, 0) is 35.0 Å². The van der Waals surface area contributed by atoms with Gasteiger partial charge in [-0.15, -0.1) is 0 Å². The van der Waals surface area contributed by atoms with E-state index in [0.29, 0.717) is 0 Å². The Bertz CT molecular complexity index is 477. The summed E-state index contributed by atoms with van der Waals surface area (Å²) in [4.78, 5) is 0. The minimum atomic E-state index is 1.11. The van der Waals surface area contributed by atoms with Crippen LogP contribution in [0, 0.1) is 11.8 Å². The third-order valence-electron chi connectivity index (χ3n) is 2.19. The van der Waals surface area contributed by atoms with E-state index in [0.717, 1.165) is 11.1 Å². The normalized spacial score (nSPS) is 11.3. The van der Waals surface area contributed by atoms with Gasteiger partial charge >= 0.3 is 0 Å². The van der Waals surface area contributed by atoms with E-state index in [-0.39, 0.29) is 0 Å². The van der Waals surface area contributed by atoms with E-state index in [1.807, 2.05) is 0 Å². The first-order valence-corrected chi connectivity index (χ1v) is 3.98. The van der Waals surface area contributed by atoms with Gasteiger partial charge in [0.25, 0.3) is 0 Å². The van der Waals surface area contributed by atoms with Crippen molar-refractivity contribution in [1.82, 2.24) is 0 Å². The highest BCUT2D eigenvalue weighted by Crippen LogP contribution is 2.19. The number of benzene rings is 2. The topological polar surface area (TPSA) is 0 Å². The average Bonchev–Trinajstić information content (AvgIpc) is 2.07. The lowest BCUT2D eigenvalue weighted by atomic mass is 10.0. The highest BCUT2D eigenvalue weighted by atomic mass is 14.0. The maximum Gasteiger partial charge on any atom is 0.0255 e. The summed E-state index contributed by atoms with van der Waals surface area (Å²) >= 11 is 0. The second kappa shape index (κ2) is 1.89. The van der Waals surface area contributed by atoms with Crippen LogP contribution in [0.5, 0.6) is 0 Å². The maximum atomic E-state index is 3.11. The summed E-state index contributed by atoms with van der Waals surface area (Å²) in [5, 5.41) is 2.57. The van der Waals surface area contributed by atoms with Crippen molar-refractivity contribution in [2.75, 3.05) is 0 Å². The zero-order valence-electron chi connectivity index (χ0n) is 6.46. The van der Waals surface area contributed by atoms with Crippen molar-refractivity contribution in [2.24, 2.45) is 0 Å². The van der Waals surface area contributed by atoms with Gasteiger partial charge in [-0.1, -0.05) is 24.0 Å². The van der Waals surface area contributed by atoms with Crippen molar-refractivity contribution in [2.45, 2.75) is 0 Å². The SMILES string of the molecule is C1#Cc2ccc3cc1ccc3c2. The standard InChI is InChI=1S/C12H6/c1-2-10-4-6-11-7-9(1)3-5-12(11)8-10/h3-8H. The van der Waals surface area contributed by atoms with E-state index < -0.39 is 0 Å². The van der Waals surface area contributed by atoms with Crippen LogP contribution in [0.1, 0.15) is 11.1 Å². The first-order valence-electron chi connectivity index (χ1n) is 3.98. The Kier molecular flexibility index (Phi) is 0.924. The molecule has 0 aromatic heterocycles. The van der Waals surface area contributed by atoms with E-state index in [2.05, 4.69) is 48.2 Å². The number of fused-ring (bicyclic) bond motifs is 2. The summed E-state index contributed by atoms with van der Waals surface area (Å²) in [5.41, 5.74) is 2.23. The van der Waals surface area contributed by atoms with Crippen LogP contribution in [-0.4, -0.2) is 0 Å². The smallest absolute Gasteiger partial charge is 0.0255 e. The number of hydrogen-bond acceptors (Lipinski definition) is 0. The molecule has 0 radical (unpaired) electrons. The fourth-order valence-corrected chi connectivity index (χ4v) is 1.55. The zero-order valence-corrected chi connectivity index (χ0v) is 6.46. The lowest BCUT2D eigenvalue weighted by molar-refractivity contribution is 1.63. The Morgan fingerprint density at radius 1 is 0.667 bits per heavy atom. The monoisotopic (exact) mass is 150 g/mol. The minimum absolute atomic E-state index is 1.11. The van der Waals surface area contributed by atoms with Crippen molar-refractivity contribution >= 4 is 10.8 Å². The lowest BCUT2D eigenvalue weighted by Crippen LogP contribution is -1.83. The molecule has 12 heavy (non-hydrogen) atoms. The van der Waals surface area contributed by atoms with Crippen molar-refractivity contribution in [3.8, 4) is 11.8 Å². The van der Waals surface area contributed by atoms with E-state index in [1.54, 1.807) is 0 Å². The molecular weight excluding hydrogens is 144 g/mol. The zero-order chi connectivity index (χ0) is 7.97. The molecule has 5 rings (SSSR count). The van der Waals surface area contributed by atoms with E-state index in [1.165, 1.54) is 10.8 Å². The average molecular weight is 150 g/mol. The van der Waals surface area contributed by atoms with Gasteiger partial charge < -0.3 is 0 Å². The Balaban J connectivity index is 2.68. The van der Waals surface area contributed by atoms with E-state index in [9.17, 15) is 0 Å². The Morgan fingerprint density at radius 3 is 1.67 bits per heavy atom. The molecule has 54 valence electrons. The highest BCUT2D eigenvalue weighted by Gasteiger charge is 1.98. The lowest BCUT2D eigenvalue weighted by Gasteiger charge is -2.02. The van der Waals surface area contributed by atoms with Gasteiger partial charge in [0, 0.05) is 11.1 Å². The molecule has 3 aliphatic carbocycles. The van der Waals surface area contributed by atoms with E-state index >= 15 is 0 Å².